The van der Waals surface area contributed by atoms with Gasteiger partial charge in [-0.05, 0) is 19.0 Å². The molecular formula is C12H18N2O2. The average molecular weight is 222 g/mol. The maximum Gasteiger partial charge on any atom is 0.257 e. The third kappa shape index (κ3) is 4.00. The lowest BCUT2D eigenvalue weighted by atomic mass is 10.1. The van der Waals surface area contributed by atoms with Gasteiger partial charge in [-0.25, -0.2) is 5.48 Å². The standard InChI is InChI=1S/C12H18N2O2/c1-3-14(9-12(15)13-16)8-11-6-4-10(2)5-7-11/h4-7,16H,3,8-9H2,1-2H3,(H,13,15). The van der Waals surface area contributed by atoms with Gasteiger partial charge < -0.3 is 0 Å². The molecule has 0 unspecified atom stereocenters. The Morgan fingerprint density at radius 3 is 2.50 bits per heavy atom. The first-order valence-electron chi connectivity index (χ1n) is 5.36. The summed E-state index contributed by atoms with van der Waals surface area (Å²) in [6, 6.07) is 8.20. The fraction of sp³-hybridized carbons (Fsp3) is 0.417. The van der Waals surface area contributed by atoms with Gasteiger partial charge in [-0.2, -0.15) is 0 Å². The molecule has 0 aromatic heterocycles. The fourth-order valence-corrected chi connectivity index (χ4v) is 1.47. The van der Waals surface area contributed by atoms with Crippen LogP contribution in [0.4, 0.5) is 0 Å². The van der Waals surface area contributed by atoms with Crippen LogP contribution in [-0.2, 0) is 11.3 Å². The van der Waals surface area contributed by atoms with E-state index in [1.54, 1.807) is 5.48 Å². The minimum Gasteiger partial charge on any atom is -0.290 e. The minimum absolute atomic E-state index is 0.209. The van der Waals surface area contributed by atoms with Gasteiger partial charge in [-0.1, -0.05) is 36.8 Å². The van der Waals surface area contributed by atoms with Crippen molar-refractivity contribution in [2.75, 3.05) is 13.1 Å². The van der Waals surface area contributed by atoms with Crippen molar-refractivity contribution in [3.8, 4) is 0 Å². The summed E-state index contributed by atoms with van der Waals surface area (Å²) < 4.78 is 0. The van der Waals surface area contributed by atoms with Gasteiger partial charge in [-0.3, -0.25) is 14.9 Å². The number of carbonyl (C=O) groups excluding carboxylic acids is 1. The van der Waals surface area contributed by atoms with Crippen LogP contribution in [0.5, 0.6) is 0 Å². The molecule has 1 aromatic carbocycles. The first-order valence-corrected chi connectivity index (χ1v) is 5.36. The van der Waals surface area contributed by atoms with E-state index in [0.29, 0.717) is 6.54 Å². The molecule has 0 fully saturated rings. The van der Waals surface area contributed by atoms with Gasteiger partial charge in [0, 0.05) is 6.54 Å². The van der Waals surface area contributed by atoms with Crippen LogP contribution in [0.2, 0.25) is 0 Å². The predicted molar refractivity (Wildman–Crippen MR) is 62.1 cm³/mol. The number of nitrogens with zero attached hydrogens (tertiary/aromatic N) is 1. The highest BCUT2D eigenvalue weighted by Gasteiger charge is 2.08. The van der Waals surface area contributed by atoms with Crippen LogP contribution in [0.25, 0.3) is 0 Å². The molecule has 1 rings (SSSR count). The molecule has 0 radical (unpaired) electrons. The zero-order valence-electron chi connectivity index (χ0n) is 9.73. The van der Waals surface area contributed by atoms with Crippen molar-refractivity contribution in [1.82, 2.24) is 10.4 Å². The largest absolute Gasteiger partial charge is 0.290 e. The number of aryl methyl sites for hydroxylation is 1. The van der Waals surface area contributed by atoms with E-state index >= 15 is 0 Å². The van der Waals surface area contributed by atoms with Gasteiger partial charge in [0.2, 0.25) is 0 Å². The van der Waals surface area contributed by atoms with E-state index in [-0.39, 0.29) is 12.5 Å². The van der Waals surface area contributed by atoms with E-state index in [2.05, 4.69) is 24.3 Å². The number of carbonyl (C=O) groups is 1. The van der Waals surface area contributed by atoms with Gasteiger partial charge in [0.1, 0.15) is 0 Å². The second-order valence-electron chi connectivity index (χ2n) is 3.82. The molecule has 1 amide bonds. The molecule has 16 heavy (non-hydrogen) atoms. The fourth-order valence-electron chi connectivity index (χ4n) is 1.47. The number of hydrogen-bond acceptors (Lipinski definition) is 3. The quantitative estimate of drug-likeness (QED) is 0.583. The lowest BCUT2D eigenvalue weighted by Crippen LogP contribution is -2.35. The predicted octanol–water partition coefficient (Wildman–Crippen LogP) is 1.32. The number of benzene rings is 1. The molecule has 88 valence electrons. The SMILES string of the molecule is CCN(CC(=O)NO)Cc1ccc(C)cc1. The molecule has 0 heterocycles. The topological polar surface area (TPSA) is 52.6 Å². The molecule has 0 aliphatic carbocycles. The van der Waals surface area contributed by atoms with Crippen molar-refractivity contribution in [3.63, 3.8) is 0 Å². The molecule has 0 bridgehead atoms. The summed E-state index contributed by atoms with van der Waals surface area (Å²) >= 11 is 0. The van der Waals surface area contributed by atoms with Crippen molar-refractivity contribution < 1.29 is 10.0 Å². The van der Waals surface area contributed by atoms with Crippen LogP contribution in [0.3, 0.4) is 0 Å². The van der Waals surface area contributed by atoms with Crippen molar-refractivity contribution in [2.24, 2.45) is 0 Å². The van der Waals surface area contributed by atoms with Crippen LogP contribution < -0.4 is 5.48 Å². The van der Waals surface area contributed by atoms with E-state index in [4.69, 9.17) is 5.21 Å². The maximum absolute atomic E-state index is 11.0. The number of hydrogen-bond donors (Lipinski definition) is 2. The molecule has 4 heteroatoms. The molecule has 1 aromatic rings. The third-order valence-corrected chi connectivity index (χ3v) is 2.47. The van der Waals surface area contributed by atoms with Crippen LogP contribution in [0.15, 0.2) is 24.3 Å². The molecule has 0 aliphatic heterocycles. The molecular weight excluding hydrogens is 204 g/mol. The average Bonchev–Trinajstić information content (AvgIpc) is 2.30. The van der Waals surface area contributed by atoms with E-state index in [0.717, 1.165) is 12.1 Å². The Balaban J connectivity index is 2.56. The lowest BCUT2D eigenvalue weighted by Gasteiger charge is -2.19. The van der Waals surface area contributed by atoms with E-state index in [9.17, 15) is 4.79 Å². The first-order chi connectivity index (χ1) is 7.65. The minimum atomic E-state index is -0.381. The van der Waals surface area contributed by atoms with Crippen molar-refractivity contribution >= 4 is 5.91 Å². The number of amides is 1. The maximum atomic E-state index is 11.0. The molecule has 4 nitrogen and oxygen atoms in total. The number of nitrogens with one attached hydrogen (secondary N) is 1. The zero-order chi connectivity index (χ0) is 12.0. The Labute approximate surface area is 95.8 Å². The summed E-state index contributed by atoms with van der Waals surface area (Å²) in [6.45, 7) is 5.71. The lowest BCUT2D eigenvalue weighted by molar-refractivity contribution is -0.130. The van der Waals surface area contributed by atoms with Crippen LogP contribution in [0.1, 0.15) is 18.1 Å². The number of likely N-dealkylation sites (N-methyl/N-ethyl adjacent to an activating group) is 1. The normalized spacial score (nSPS) is 10.5. The molecule has 0 saturated carbocycles. The Kier molecular flexibility index (Phi) is 4.95. The van der Waals surface area contributed by atoms with Crippen molar-refractivity contribution in [1.29, 1.82) is 0 Å². The molecule has 0 aliphatic rings. The third-order valence-electron chi connectivity index (χ3n) is 2.47. The Morgan fingerprint density at radius 2 is 2.00 bits per heavy atom. The van der Waals surface area contributed by atoms with Crippen molar-refractivity contribution in [2.45, 2.75) is 20.4 Å². The molecule has 0 atom stereocenters. The van der Waals surface area contributed by atoms with Gasteiger partial charge in [0.05, 0.1) is 6.54 Å². The summed E-state index contributed by atoms with van der Waals surface area (Å²) in [4.78, 5) is 13.0. The van der Waals surface area contributed by atoms with Crippen LogP contribution >= 0.6 is 0 Å². The monoisotopic (exact) mass is 222 g/mol. The Bertz CT molecular complexity index is 335. The van der Waals surface area contributed by atoms with E-state index in [1.807, 2.05) is 18.7 Å². The second kappa shape index (κ2) is 6.25. The zero-order valence-corrected chi connectivity index (χ0v) is 9.73. The first kappa shape index (κ1) is 12.7. The molecule has 0 spiro atoms. The number of rotatable bonds is 5. The summed E-state index contributed by atoms with van der Waals surface area (Å²) in [5.74, 6) is -0.381. The smallest absolute Gasteiger partial charge is 0.257 e. The molecule has 2 N–H and O–H groups in total. The van der Waals surface area contributed by atoms with E-state index in [1.165, 1.54) is 5.56 Å². The van der Waals surface area contributed by atoms with Gasteiger partial charge in [-0.15, -0.1) is 0 Å². The van der Waals surface area contributed by atoms with Gasteiger partial charge in [0.25, 0.3) is 5.91 Å². The summed E-state index contributed by atoms with van der Waals surface area (Å²) in [6.07, 6.45) is 0. The van der Waals surface area contributed by atoms with Gasteiger partial charge >= 0.3 is 0 Å². The van der Waals surface area contributed by atoms with Crippen LogP contribution in [0, 0.1) is 6.92 Å². The highest BCUT2D eigenvalue weighted by Crippen LogP contribution is 2.06. The summed E-state index contributed by atoms with van der Waals surface area (Å²) in [7, 11) is 0. The Hall–Kier alpha value is -1.39. The highest BCUT2D eigenvalue weighted by atomic mass is 16.5. The molecule has 0 saturated heterocycles. The summed E-state index contributed by atoms with van der Waals surface area (Å²) in [5, 5.41) is 8.46. The van der Waals surface area contributed by atoms with Gasteiger partial charge in [0.15, 0.2) is 0 Å². The van der Waals surface area contributed by atoms with Crippen molar-refractivity contribution in [3.05, 3.63) is 35.4 Å². The highest BCUT2D eigenvalue weighted by molar-refractivity contribution is 5.76. The van der Waals surface area contributed by atoms with E-state index < -0.39 is 0 Å². The van der Waals surface area contributed by atoms with Crippen LogP contribution in [-0.4, -0.2) is 29.1 Å². The number of hydroxylamine groups is 1. The second-order valence-corrected chi connectivity index (χ2v) is 3.82. The Morgan fingerprint density at radius 1 is 1.38 bits per heavy atom. The summed E-state index contributed by atoms with van der Waals surface area (Å²) in [5.41, 5.74) is 4.03.